The number of ether oxygens (including phenoxy) is 1. The topological polar surface area (TPSA) is 46.5 Å². The fraction of sp³-hybridized carbons (Fsp3) is 0.222. The van der Waals surface area contributed by atoms with E-state index >= 15 is 0 Å². The SMILES string of the molecule is CC(=O)Oc1ccccc1.CO. The average molecular weight is 168 g/mol. The Morgan fingerprint density at radius 1 is 1.25 bits per heavy atom. The molecule has 0 spiro atoms. The molecule has 3 nitrogen and oxygen atoms in total. The van der Waals surface area contributed by atoms with Crippen LogP contribution in [0.1, 0.15) is 6.92 Å². The first-order valence-electron chi connectivity index (χ1n) is 3.47. The van der Waals surface area contributed by atoms with E-state index in [2.05, 4.69) is 0 Å². The number of rotatable bonds is 1. The lowest BCUT2D eigenvalue weighted by Gasteiger charge is -1.97. The first-order valence-corrected chi connectivity index (χ1v) is 3.47. The monoisotopic (exact) mass is 168 g/mol. The number of aliphatic hydroxyl groups excluding tert-OH is 1. The summed E-state index contributed by atoms with van der Waals surface area (Å²) in [5.41, 5.74) is 0. The minimum absolute atomic E-state index is 0.286. The summed E-state index contributed by atoms with van der Waals surface area (Å²) >= 11 is 0. The normalized spacial score (nSPS) is 7.92. The number of hydrogen-bond acceptors (Lipinski definition) is 3. The van der Waals surface area contributed by atoms with Crippen LogP contribution < -0.4 is 4.74 Å². The number of carbonyl (C=O) groups is 1. The Hall–Kier alpha value is -1.35. The lowest BCUT2D eigenvalue weighted by atomic mass is 10.3. The van der Waals surface area contributed by atoms with Gasteiger partial charge in [0.15, 0.2) is 0 Å². The van der Waals surface area contributed by atoms with Crippen molar-refractivity contribution in [2.45, 2.75) is 6.92 Å². The number of carbonyl (C=O) groups excluding carboxylic acids is 1. The summed E-state index contributed by atoms with van der Waals surface area (Å²) < 4.78 is 4.78. The van der Waals surface area contributed by atoms with Gasteiger partial charge in [0.1, 0.15) is 5.75 Å². The molecule has 0 bridgehead atoms. The molecule has 1 rings (SSSR count). The molecule has 0 unspecified atom stereocenters. The molecule has 0 radical (unpaired) electrons. The molecule has 0 heterocycles. The van der Waals surface area contributed by atoms with E-state index in [0.717, 1.165) is 7.11 Å². The highest BCUT2D eigenvalue weighted by molar-refractivity contribution is 5.69. The largest absolute Gasteiger partial charge is 0.427 e. The Bertz CT molecular complexity index is 218. The summed E-state index contributed by atoms with van der Waals surface area (Å²) in [7, 11) is 1.00. The van der Waals surface area contributed by atoms with Gasteiger partial charge in [-0.2, -0.15) is 0 Å². The Morgan fingerprint density at radius 3 is 2.17 bits per heavy atom. The van der Waals surface area contributed by atoms with E-state index in [4.69, 9.17) is 9.84 Å². The van der Waals surface area contributed by atoms with Crippen LogP contribution in [-0.4, -0.2) is 18.2 Å². The first-order chi connectivity index (χ1) is 5.79. The van der Waals surface area contributed by atoms with E-state index in [1.165, 1.54) is 6.92 Å². The van der Waals surface area contributed by atoms with Crippen LogP contribution in [0, 0.1) is 0 Å². The molecule has 0 aliphatic carbocycles. The molecule has 3 heteroatoms. The van der Waals surface area contributed by atoms with E-state index in [1.54, 1.807) is 12.1 Å². The molecule has 66 valence electrons. The maximum Gasteiger partial charge on any atom is 0.308 e. The second-order valence-corrected chi connectivity index (χ2v) is 1.91. The maximum absolute atomic E-state index is 10.4. The fourth-order valence-corrected chi connectivity index (χ4v) is 0.655. The van der Waals surface area contributed by atoms with Crippen LogP contribution in [0.5, 0.6) is 5.75 Å². The van der Waals surface area contributed by atoms with E-state index in [9.17, 15) is 4.79 Å². The molecule has 0 aliphatic rings. The van der Waals surface area contributed by atoms with Crippen molar-refractivity contribution in [1.82, 2.24) is 0 Å². The third-order valence-corrected chi connectivity index (χ3v) is 1.00. The summed E-state index contributed by atoms with van der Waals surface area (Å²) in [6.45, 7) is 1.38. The van der Waals surface area contributed by atoms with Crippen LogP contribution >= 0.6 is 0 Å². The van der Waals surface area contributed by atoms with Gasteiger partial charge >= 0.3 is 5.97 Å². The molecular weight excluding hydrogens is 156 g/mol. The molecule has 0 fully saturated rings. The van der Waals surface area contributed by atoms with Crippen molar-refractivity contribution in [3.05, 3.63) is 30.3 Å². The van der Waals surface area contributed by atoms with Gasteiger partial charge in [0.05, 0.1) is 0 Å². The van der Waals surface area contributed by atoms with Crippen molar-refractivity contribution < 1.29 is 14.6 Å². The predicted molar refractivity (Wildman–Crippen MR) is 45.9 cm³/mol. The van der Waals surface area contributed by atoms with E-state index in [1.807, 2.05) is 18.2 Å². The zero-order valence-corrected chi connectivity index (χ0v) is 7.15. The lowest BCUT2D eigenvalue weighted by Crippen LogP contribution is -2.00. The van der Waals surface area contributed by atoms with E-state index in [-0.39, 0.29) is 5.97 Å². The summed E-state index contributed by atoms with van der Waals surface area (Å²) in [4.78, 5) is 10.4. The number of benzene rings is 1. The molecule has 1 aromatic carbocycles. The molecule has 0 aliphatic heterocycles. The lowest BCUT2D eigenvalue weighted by molar-refractivity contribution is -0.131. The van der Waals surface area contributed by atoms with Crippen molar-refractivity contribution in [2.24, 2.45) is 0 Å². The summed E-state index contributed by atoms with van der Waals surface area (Å²) in [6, 6.07) is 8.98. The molecule has 0 aromatic heterocycles. The molecule has 1 N–H and O–H groups in total. The van der Waals surface area contributed by atoms with Gasteiger partial charge in [-0.1, -0.05) is 18.2 Å². The summed E-state index contributed by atoms with van der Waals surface area (Å²) in [5, 5.41) is 7.00. The molecule has 0 atom stereocenters. The number of esters is 1. The van der Waals surface area contributed by atoms with Gasteiger partial charge in [0.2, 0.25) is 0 Å². The Labute approximate surface area is 71.6 Å². The second-order valence-electron chi connectivity index (χ2n) is 1.91. The Morgan fingerprint density at radius 2 is 1.75 bits per heavy atom. The predicted octanol–water partition coefficient (Wildman–Crippen LogP) is 1.22. The van der Waals surface area contributed by atoms with E-state index < -0.39 is 0 Å². The fourth-order valence-electron chi connectivity index (χ4n) is 0.655. The molecule has 0 saturated heterocycles. The van der Waals surface area contributed by atoms with Gasteiger partial charge in [-0.05, 0) is 12.1 Å². The third-order valence-electron chi connectivity index (χ3n) is 1.00. The average Bonchev–Trinajstić information content (AvgIpc) is 2.08. The van der Waals surface area contributed by atoms with Gasteiger partial charge in [0, 0.05) is 14.0 Å². The van der Waals surface area contributed by atoms with Crippen LogP contribution in [0.4, 0.5) is 0 Å². The quantitative estimate of drug-likeness (QED) is 0.506. The van der Waals surface area contributed by atoms with Crippen LogP contribution in [0.15, 0.2) is 30.3 Å². The first kappa shape index (κ1) is 10.7. The van der Waals surface area contributed by atoms with Gasteiger partial charge < -0.3 is 9.84 Å². The standard InChI is InChI=1S/C8H8O2.CH4O/c1-7(9)10-8-5-3-2-4-6-8;1-2/h2-6H,1H3;2H,1H3. The zero-order valence-electron chi connectivity index (χ0n) is 7.15. The minimum Gasteiger partial charge on any atom is -0.427 e. The van der Waals surface area contributed by atoms with Crippen molar-refractivity contribution in [2.75, 3.05) is 7.11 Å². The van der Waals surface area contributed by atoms with Crippen LogP contribution in [0.2, 0.25) is 0 Å². The molecular formula is C9H12O3. The van der Waals surface area contributed by atoms with Crippen LogP contribution in [0.3, 0.4) is 0 Å². The number of hydrogen-bond donors (Lipinski definition) is 1. The van der Waals surface area contributed by atoms with Gasteiger partial charge in [-0.15, -0.1) is 0 Å². The number of para-hydroxylation sites is 1. The number of aliphatic hydroxyl groups is 1. The van der Waals surface area contributed by atoms with Crippen molar-refractivity contribution >= 4 is 5.97 Å². The van der Waals surface area contributed by atoms with Gasteiger partial charge in [0.25, 0.3) is 0 Å². The summed E-state index contributed by atoms with van der Waals surface area (Å²) in [5.74, 6) is 0.307. The van der Waals surface area contributed by atoms with Crippen molar-refractivity contribution in [1.29, 1.82) is 0 Å². The molecule has 1 aromatic rings. The third kappa shape index (κ3) is 4.46. The highest BCUT2D eigenvalue weighted by atomic mass is 16.5. The minimum atomic E-state index is -0.286. The van der Waals surface area contributed by atoms with Crippen molar-refractivity contribution in [3.63, 3.8) is 0 Å². The smallest absolute Gasteiger partial charge is 0.308 e. The van der Waals surface area contributed by atoms with Gasteiger partial charge in [-0.25, -0.2) is 0 Å². The zero-order chi connectivity index (χ0) is 9.40. The Kier molecular flexibility index (Phi) is 5.65. The summed E-state index contributed by atoms with van der Waals surface area (Å²) in [6.07, 6.45) is 0. The van der Waals surface area contributed by atoms with Crippen molar-refractivity contribution in [3.8, 4) is 5.75 Å². The Balaban J connectivity index is 0.000000561. The molecule has 0 saturated carbocycles. The van der Waals surface area contributed by atoms with E-state index in [0.29, 0.717) is 5.75 Å². The highest BCUT2D eigenvalue weighted by Crippen LogP contribution is 2.07. The molecule has 0 amide bonds. The second kappa shape index (κ2) is 6.37. The molecule has 12 heavy (non-hydrogen) atoms. The van der Waals surface area contributed by atoms with Crippen LogP contribution in [-0.2, 0) is 4.79 Å². The maximum atomic E-state index is 10.4. The van der Waals surface area contributed by atoms with Crippen LogP contribution in [0.25, 0.3) is 0 Å². The van der Waals surface area contributed by atoms with Gasteiger partial charge in [-0.3, -0.25) is 4.79 Å². The highest BCUT2D eigenvalue weighted by Gasteiger charge is 1.92.